The first-order chi connectivity index (χ1) is 14.6. The van der Waals surface area contributed by atoms with Crippen LogP contribution >= 0.6 is 11.3 Å². The van der Waals surface area contributed by atoms with Gasteiger partial charge in [0.1, 0.15) is 0 Å². The fourth-order valence-corrected chi connectivity index (χ4v) is 4.94. The number of fused-ring (bicyclic) bond motifs is 3. The molecule has 0 saturated carbocycles. The van der Waals surface area contributed by atoms with E-state index in [1.165, 1.54) is 0 Å². The molecule has 1 saturated heterocycles. The Hall–Kier alpha value is -3.00. The maximum atomic E-state index is 12.8. The van der Waals surface area contributed by atoms with Crippen molar-refractivity contribution in [1.82, 2.24) is 24.5 Å². The van der Waals surface area contributed by atoms with E-state index in [4.69, 9.17) is 10.1 Å². The van der Waals surface area contributed by atoms with Crippen molar-refractivity contribution in [3.05, 3.63) is 52.8 Å². The Labute approximate surface area is 179 Å². The van der Waals surface area contributed by atoms with Gasteiger partial charge in [-0.2, -0.15) is 5.10 Å². The SMILES string of the molecule is Cc1nc2c3ccccc3nn2c(C)c1CCC(=O)N1CCN(c2nccs2)CC1. The van der Waals surface area contributed by atoms with E-state index in [-0.39, 0.29) is 5.91 Å². The van der Waals surface area contributed by atoms with Crippen LogP contribution in [-0.4, -0.2) is 56.6 Å². The summed E-state index contributed by atoms with van der Waals surface area (Å²) < 4.78 is 1.92. The molecule has 8 heteroatoms. The van der Waals surface area contributed by atoms with Gasteiger partial charge in [0.25, 0.3) is 0 Å². The molecule has 0 radical (unpaired) electrons. The van der Waals surface area contributed by atoms with Crippen LogP contribution in [0.15, 0.2) is 35.8 Å². The van der Waals surface area contributed by atoms with Crippen LogP contribution in [0.1, 0.15) is 23.4 Å². The van der Waals surface area contributed by atoms with Gasteiger partial charge in [-0.15, -0.1) is 11.3 Å². The molecule has 7 nitrogen and oxygen atoms in total. The van der Waals surface area contributed by atoms with E-state index in [9.17, 15) is 4.79 Å². The minimum Gasteiger partial charge on any atom is -0.345 e. The molecule has 0 atom stereocenters. The second-order valence-corrected chi connectivity index (χ2v) is 8.57. The molecule has 154 valence electrons. The van der Waals surface area contributed by atoms with Crippen LogP contribution in [0.2, 0.25) is 0 Å². The third kappa shape index (κ3) is 3.31. The largest absolute Gasteiger partial charge is 0.345 e. The van der Waals surface area contributed by atoms with Crippen LogP contribution in [0.4, 0.5) is 5.13 Å². The number of aryl methyl sites for hydroxylation is 2. The molecule has 5 rings (SSSR count). The molecule has 1 fully saturated rings. The van der Waals surface area contributed by atoms with Crippen LogP contribution in [0.3, 0.4) is 0 Å². The van der Waals surface area contributed by atoms with Gasteiger partial charge in [0.15, 0.2) is 10.8 Å². The van der Waals surface area contributed by atoms with Crippen molar-refractivity contribution in [2.45, 2.75) is 26.7 Å². The number of rotatable bonds is 4. The van der Waals surface area contributed by atoms with Gasteiger partial charge in [0.2, 0.25) is 5.91 Å². The number of anilines is 1. The Bertz CT molecular complexity index is 1210. The Balaban J connectivity index is 1.29. The number of carbonyl (C=O) groups excluding carboxylic acids is 1. The fraction of sp³-hybridized carbons (Fsp3) is 0.364. The van der Waals surface area contributed by atoms with E-state index < -0.39 is 0 Å². The van der Waals surface area contributed by atoms with Crippen molar-refractivity contribution in [1.29, 1.82) is 0 Å². The molecule has 1 aromatic carbocycles. The van der Waals surface area contributed by atoms with E-state index >= 15 is 0 Å². The van der Waals surface area contributed by atoms with Gasteiger partial charge in [-0.3, -0.25) is 4.79 Å². The molecular formula is C22H24N6OS. The lowest BCUT2D eigenvalue weighted by molar-refractivity contribution is -0.131. The number of hydrogen-bond acceptors (Lipinski definition) is 6. The van der Waals surface area contributed by atoms with Crippen LogP contribution < -0.4 is 4.90 Å². The molecular weight excluding hydrogens is 396 g/mol. The maximum Gasteiger partial charge on any atom is 0.223 e. The summed E-state index contributed by atoms with van der Waals surface area (Å²) in [6.07, 6.45) is 3.00. The maximum absolute atomic E-state index is 12.8. The minimum absolute atomic E-state index is 0.207. The predicted octanol–water partition coefficient (Wildman–Crippen LogP) is 3.24. The first-order valence-corrected chi connectivity index (χ1v) is 11.2. The monoisotopic (exact) mass is 420 g/mol. The molecule has 0 aliphatic carbocycles. The zero-order valence-corrected chi connectivity index (χ0v) is 18.0. The molecule has 0 unspecified atom stereocenters. The van der Waals surface area contributed by atoms with Gasteiger partial charge >= 0.3 is 0 Å². The minimum atomic E-state index is 0.207. The van der Waals surface area contributed by atoms with Crippen LogP contribution in [0.5, 0.6) is 0 Å². The number of piperazine rings is 1. The molecule has 1 amide bonds. The van der Waals surface area contributed by atoms with Crippen molar-refractivity contribution in [2.24, 2.45) is 0 Å². The number of hydrogen-bond donors (Lipinski definition) is 0. The highest BCUT2D eigenvalue weighted by molar-refractivity contribution is 7.13. The van der Waals surface area contributed by atoms with Crippen molar-refractivity contribution in [3.63, 3.8) is 0 Å². The Morgan fingerprint density at radius 3 is 2.70 bits per heavy atom. The molecule has 1 aliphatic heterocycles. The van der Waals surface area contributed by atoms with Crippen molar-refractivity contribution < 1.29 is 4.79 Å². The highest BCUT2D eigenvalue weighted by atomic mass is 32.1. The number of carbonyl (C=O) groups is 1. The van der Waals surface area contributed by atoms with Crippen LogP contribution in [0, 0.1) is 13.8 Å². The molecule has 1 aliphatic rings. The molecule has 4 heterocycles. The molecule has 0 spiro atoms. The highest BCUT2D eigenvalue weighted by Crippen LogP contribution is 2.23. The van der Waals surface area contributed by atoms with Gasteiger partial charge in [-0.1, -0.05) is 12.1 Å². The molecule has 3 aromatic heterocycles. The van der Waals surface area contributed by atoms with Gasteiger partial charge in [-0.25, -0.2) is 14.5 Å². The fourth-order valence-electron chi connectivity index (χ4n) is 4.25. The highest BCUT2D eigenvalue weighted by Gasteiger charge is 2.23. The van der Waals surface area contributed by atoms with Crippen molar-refractivity contribution in [2.75, 3.05) is 31.1 Å². The van der Waals surface area contributed by atoms with Gasteiger partial charge < -0.3 is 9.80 Å². The Morgan fingerprint density at radius 1 is 1.13 bits per heavy atom. The molecule has 4 aromatic rings. The van der Waals surface area contributed by atoms with E-state index in [1.807, 2.05) is 46.1 Å². The number of aromatic nitrogens is 4. The van der Waals surface area contributed by atoms with Crippen LogP contribution in [0.25, 0.3) is 16.6 Å². The quantitative estimate of drug-likeness (QED) is 0.507. The van der Waals surface area contributed by atoms with E-state index in [1.54, 1.807) is 11.3 Å². The molecule has 0 bridgehead atoms. The second-order valence-electron chi connectivity index (χ2n) is 7.70. The third-order valence-corrected chi connectivity index (χ3v) is 6.76. The normalized spacial score (nSPS) is 14.7. The zero-order chi connectivity index (χ0) is 20.7. The molecule has 0 N–H and O–H groups in total. The van der Waals surface area contributed by atoms with Gasteiger partial charge in [0.05, 0.1) is 5.52 Å². The third-order valence-electron chi connectivity index (χ3n) is 5.93. The number of benzene rings is 1. The Kier molecular flexibility index (Phi) is 4.86. The lowest BCUT2D eigenvalue weighted by Crippen LogP contribution is -2.48. The van der Waals surface area contributed by atoms with E-state index in [0.29, 0.717) is 12.8 Å². The van der Waals surface area contributed by atoms with E-state index in [0.717, 1.165) is 64.8 Å². The average Bonchev–Trinajstić information content (AvgIpc) is 3.42. The molecule has 30 heavy (non-hydrogen) atoms. The smallest absolute Gasteiger partial charge is 0.223 e. The van der Waals surface area contributed by atoms with Gasteiger partial charge in [-0.05, 0) is 38.0 Å². The zero-order valence-electron chi connectivity index (χ0n) is 17.2. The first kappa shape index (κ1) is 19.0. The van der Waals surface area contributed by atoms with Crippen molar-refractivity contribution in [3.8, 4) is 0 Å². The summed E-state index contributed by atoms with van der Waals surface area (Å²) in [6.45, 7) is 7.27. The van der Waals surface area contributed by atoms with Gasteiger partial charge in [0, 0.05) is 61.0 Å². The number of thiazole rings is 1. The lowest BCUT2D eigenvalue weighted by Gasteiger charge is -2.34. The standard InChI is InChI=1S/C22H24N6OS/c1-15-17(16(2)28-21(24-15)18-5-3-4-6-19(18)25-28)7-8-20(29)26-10-12-27(13-11-26)22-23-9-14-30-22/h3-6,9,14H,7-8,10-13H2,1-2H3. The van der Waals surface area contributed by atoms with E-state index in [2.05, 4.69) is 22.9 Å². The second kappa shape index (κ2) is 7.68. The lowest BCUT2D eigenvalue weighted by atomic mass is 10.1. The number of nitrogens with zero attached hydrogens (tertiary/aromatic N) is 6. The summed E-state index contributed by atoms with van der Waals surface area (Å²) in [7, 11) is 0. The predicted molar refractivity (Wildman–Crippen MR) is 119 cm³/mol. The van der Waals surface area contributed by atoms with Crippen molar-refractivity contribution >= 4 is 38.9 Å². The topological polar surface area (TPSA) is 66.6 Å². The summed E-state index contributed by atoms with van der Waals surface area (Å²) in [4.78, 5) is 26.3. The van der Waals surface area contributed by atoms with Crippen LogP contribution in [-0.2, 0) is 11.2 Å². The number of amides is 1. The summed E-state index contributed by atoms with van der Waals surface area (Å²) in [6, 6.07) is 8.06. The summed E-state index contributed by atoms with van der Waals surface area (Å²) in [5.74, 6) is 0.207. The Morgan fingerprint density at radius 2 is 1.93 bits per heavy atom. The summed E-state index contributed by atoms with van der Waals surface area (Å²) in [5.41, 5.74) is 4.99. The summed E-state index contributed by atoms with van der Waals surface area (Å²) >= 11 is 1.65. The average molecular weight is 421 g/mol. The first-order valence-electron chi connectivity index (χ1n) is 10.3. The summed E-state index contributed by atoms with van der Waals surface area (Å²) in [5, 5.41) is 8.81.